The van der Waals surface area contributed by atoms with Crippen molar-refractivity contribution in [3.8, 4) is 0 Å². The molecule has 0 amide bonds. The number of piperidine rings is 1. The molecule has 0 aromatic rings. The molecule has 15 heavy (non-hydrogen) atoms. The highest BCUT2D eigenvalue weighted by atomic mass is 32.2. The first-order chi connectivity index (χ1) is 7.36. The molecule has 0 aromatic heterocycles. The van der Waals surface area contributed by atoms with Crippen LogP contribution in [0.4, 0.5) is 0 Å². The van der Waals surface area contributed by atoms with Gasteiger partial charge in [0, 0.05) is 18.3 Å². The Morgan fingerprint density at radius 3 is 2.73 bits per heavy atom. The molecule has 2 nitrogen and oxygen atoms in total. The monoisotopic (exact) mass is 228 g/mol. The molecule has 2 rings (SSSR count). The van der Waals surface area contributed by atoms with Crippen LogP contribution in [-0.2, 0) is 0 Å². The Balaban J connectivity index is 1.72. The molecule has 0 radical (unpaired) electrons. The third-order valence-corrected chi connectivity index (χ3v) is 4.96. The molecule has 3 heteroatoms. The van der Waals surface area contributed by atoms with Crippen molar-refractivity contribution < 1.29 is 0 Å². The van der Waals surface area contributed by atoms with Crippen molar-refractivity contribution in [2.45, 2.75) is 31.7 Å². The second-order valence-corrected chi connectivity index (χ2v) is 6.15. The minimum Gasteiger partial charge on any atom is -0.317 e. The molecule has 2 aliphatic rings. The fourth-order valence-electron chi connectivity index (χ4n) is 2.69. The van der Waals surface area contributed by atoms with E-state index in [2.05, 4.69) is 29.0 Å². The molecule has 1 N–H and O–H groups in total. The SMILES string of the molecule is CN(CC1CCNCC1)C1CCCSC1. The van der Waals surface area contributed by atoms with E-state index in [1.807, 2.05) is 0 Å². The molecule has 0 saturated carbocycles. The van der Waals surface area contributed by atoms with Crippen LogP contribution in [0.25, 0.3) is 0 Å². The molecule has 2 saturated heterocycles. The molecule has 0 spiro atoms. The van der Waals surface area contributed by atoms with E-state index in [-0.39, 0.29) is 0 Å². The number of thioether (sulfide) groups is 1. The van der Waals surface area contributed by atoms with Gasteiger partial charge in [0.05, 0.1) is 0 Å². The molecule has 0 aliphatic carbocycles. The highest BCUT2D eigenvalue weighted by Gasteiger charge is 2.21. The Kier molecular flexibility index (Phi) is 4.79. The van der Waals surface area contributed by atoms with E-state index in [0.29, 0.717) is 0 Å². The minimum atomic E-state index is 0.860. The van der Waals surface area contributed by atoms with Gasteiger partial charge in [-0.05, 0) is 57.5 Å². The molecule has 0 bridgehead atoms. The maximum absolute atomic E-state index is 3.44. The molecule has 1 unspecified atom stereocenters. The maximum atomic E-state index is 3.44. The Labute approximate surface area is 98.2 Å². The smallest absolute Gasteiger partial charge is 0.0183 e. The average Bonchev–Trinajstić information content (AvgIpc) is 2.31. The lowest BCUT2D eigenvalue weighted by Gasteiger charge is -2.34. The summed E-state index contributed by atoms with van der Waals surface area (Å²) in [6, 6.07) is 0.860. The van der Waals surface area contributed by atoms with E-state index in [0.717, 1.165) is 12.0 Å². The molecule has 2 heterocycles. The third-order valence-electron chi connectivity index (χ3n) is 3.76. The first kappa shape index (κ1) is 11.7. The molecule has 0 aromatic carbocycles. The van der Waals surface area contributed by atoms with Crippen LogP contribution in [0.5, 0.6) is 0 Å². The fraction of sp³-hybridized carbons (Fsp3) is 1.00. The summed E-state index contributed by atoms with van der Waals surface area (Å²) in [5.41, 5.74) is 0. The Morgan fingerprint density at radius 2 is 2.07 bits per heavy atom. The zero-order valence-electron chi connectivity index (χ0n) is 9.87. The molecular weight excluding hydrogens is 204 g/mol. The molecular formula is C12H24N2S. The van der Waals surface area contributed by atoms with E-state index >= 15 is 0 Å². The highest BCUT2D eigenvalue weighted by Crippen LogP contribution is 2.22. The standard InChI is InChI=1S/C12H24N2S/c1-14(12-3-2-8-15-10-12)9-11-4-6-13-7-5-11/h11-13H,2-10H2,1H3. The van der Waals surface area contributed by atoms with E-state index in [1.54, 1.807) is 0 Å². The van der Waals surface area contributed by atoms with Gasteiger partial charge in [0.25, 0.3) is 0 Å². The lowest BCUT2D eigenvalue weighted by Crippen LogP contribution is -2.41. The van der Waals surface area contributed by atoms with Crippen molar-refractivity contribution in [2.75, 3.05) is 38.2 Å². The van der Waals surface area contributed by atoms with Crippen LogP contribution in [0.15, 0.2) is 0 Å². The van der Waals surface area contributed by atoms with Crippen LogP contribution in [0.2, 0.25) is 0 Å². The summed E-state index contributed by atoms with van der Waals surface area (Å²) in [7, 11) is 2.33. The van der Waals surface area contributed by atoms with Gasteiger partial charge in [0.15, 0.2) is 0 Å². The van der Waals surface area contributed by atoms with E-state index in [1.165, 1.54) is 56.8 Å². The summed E-state index contributed by atoms with van der Waals surface area (Å²) in [5, 5.41) is 3.44. The quantitative estimate of drug-likeness (QED) is 0.793. The summed E-state index contributed by atoms with van der Waals surface area (Å²) in [4.78, 5) is 2.63. The van der Waals surface area contributed by atoms with Gasteiger partial charge >= 0.3 is 0 Å². The molecule has 2 aliphatic heterocycles. The normalized spacial score (nSPS) is 29.6. The van der Waals surface area contributed by atoms with Crippen LogP contribution >= 0.6 is 11.8 Å². The van der Waals surface area contributed by atoms with Gasteiger partial charge < -0.3 is 10.2 Å². The third kappa shape index (κ3) is 3.65. The highest BCUT2D eigenvalue weighted by molar-refractivity contribution is 7.99. The van der Waals surface area contributed by atoms with Gasteiger partial charge in [0.2, 0.25) is 0 Å². The zero-order chi connectivity index (χ0) is 10.5. The second kappa shape index (κ2) is 6.12. The first-order valence-corrected chi connectivity index (χ1v) is 7.50. The number of hydrogen-bond donors (Lipinski definition) is 1. The number of hydrogen-bond acceptors (Lipinski definition) is 3. The van der Waals surface area contributed by atoms with E-state index in [9.17, 15) is 0 Å². The summed E-state index contributed by atoms with van der Waals surface area (Å²) < 4.78 is 0. The van der Waals surface area contributed by atoms with Crippen molar-refractivity contribution in [3.05, 3.63) is 0 Å². The van der Waals surface area contributed by atoms with Gasteiger partial charge in [-0.25, -0.2) is 0 Å². The Morgan fingerprint density at radius 1 is 1.27 bits per heavy atom. The number of nitrogens with one attached hydrogen (secondary N) is 1. The van der Waals surface area contributed by atoms with Crippen molar-refractivity contribution in [1.29, 1.82) is 0 Å². The molecule has 88 valence electrons. The van der Waals surface area contributed by atoms with Crippen LogP contribution < -0.4 is 5.32 Å². The van der Waals surface area contributed by atoms with Crippen LogP contribution in [0.3, 0.4) is 0 Å². The predicted octanol–water partition coefficient (Wildman–Crippen LogP) is 1.81. The summed E-state index contributed by atoms with van der Waals surface area (Å²) in [6.07, 6.45) is 5.61. The molecule has 1 atom stereocenters. The van der Waals surface area contributed by atoms with Crippen molar-refractivity contribution in [3.63, 3.8) is 0 Å². The van der Waals surface area contributed by atoms with E-state index < -0.39 is 0 Å². The number of nitrogens with zero attached hydrogens (tertiary/aromatic N) is 1. The average molecular weight is 228 g/mol. The maximum Gasteiger partial charge on any atom is 0.0183 e. The van der Waals surface area contributed by atoms with Gasteiger partial charge in [-0.3, -0.25) is 0 Å². The Bertz CT molecular complexity index is 174. The van der Waals surface area contributed by atoms with Crippen molar-refractivity contribution in [2.24, 2.45) is 5.92 Å². The summed E-state index contributed by atoms with van der Waals surface area (Å²) in [5.74, 6) is 3.70. The minimum absolute atomic E-state index is 0.860. The topological polar surface area (TPSA) is 15.3 Å². The van der Waals surface area contributed by atoms with Gasteiger partial charge in [0.1, 0.15) is 0 Å². The molecule has 2 fully saturated rings. The Hall–Kier alpha value is 0.270. The van der Waals surface area contributed by atoms with Crippen LogP contribution in [0.1, 0.15) is 25.7 Å². The van der Waals surface area contributed by atoms with Gasteiger partial charge in [-0.2, -0.15) is 11.8 Å². The zero-order valence-corrected chi connectivity index (χ0v) is 10.7. The fourth-order valence-corrected chi connectivity index (χ4v) is 3.92. The van der Waals surface area contributed by atoms with Gasteiger partial charge in [-0.15, -0.1) is 0 Å². The summed E-state index contributed by atoms with van der Waals surface area (Å²) in [6.45, 7) is 3.79. The lowest BCUT2D eigenvalue weighted by molar-refractivity contribution is 0.189. The summed E-state index contributed by atoms with van der Waals surface area (Å²) >= 11 is 2.14. The predicted molar refractivity (Wildman–Crippen MR) is 68.6 cm³/mol. The van der Waals surface area contributed by atoms with Crippen LogP contribution in [-0.4, -0.2) is 49.1 Å². The van der Waals surface area contributed by atoms with Crippen molar-refractivity contribution >= 4 is 11.8 Å². The first-order valence-electron chi connectivity index (χ1n) is 6.35. The number of rotatable bonds is 3. The van der Waals surface area contributed by atoms with Crippen LogP contribution in [0, 0.1) is 5.92 Å². The largest absolute Gasteiger partial charge is 0.317 e. The lowest BCUT2D eigenvalue weighted by atomic mass is 9.97. The second-order valence-electron chi connectivity index (χ2n) is 5.00. The van der Waals surface area contributed by atoms with E-state index in [4.69, 9.17) is 0 Å². The van der Waals surface area contributed by atoms with Crippen molar-refractivity contribution in [1.82, 2.24) is 10.2 Å². The van der Waals surface area contributed by atoms with Gasteiger partial charge in [-0.1, -0.05) is 0 Å².